The summed E-state index contributed by atoms with van der Waals surface area (Å²) in [6, 6.07) is 39.9. The summed E-state index contributed by atoms with van der Waals surface area (Å²) in [6.07, 6.45) is 0. The highest BCUT2D eigenvalue weighted by atomic mass is 32.1. The summed E-state index contributed by atoms with van der Waals surface area (Å²) < 4.78 is 5.07. The van der Waals surface area contributed by atoms with Crippen molar-refractivity contribution in [3.8, 4) is 16.8 Å². The van der Waals surface area contributed by atoms with Gasteiger partial charge in [-0.05, 0) is 72.6 Å². The monoisotopic (exact) mass is 439 g/mol. The van der Waals surface area contributed by atoms with Crippen molar-refractivity contribution in [2.45, 2.75) is 6.92 Å². The van der Waals surface area contributed by atoms with Gasteiger partial charge in [-0.3, -0.25) is 0 Å². The standard InChI is InChI=1S/C31H21NS/c1-20-11-14-28-25(17-20)26-18-21(12-15-29(26)32(28)23-7-3-2-4-8-23)22-13-16-31-27(19-22)24-9-5-6-10-30(24)33-31/h2-19H,1H3. The minimum Gasteiger partial charge on any atom is -0.309 e. The number of fused-ring (bicyclic) bond motifs is 6. The van der Waals surface area contributed by atoms with Crippen LogP contribution in [0.15, 0.2) is 109 Å². The van der Waals surface area contributed by atoms with Crippen LogP contribution in [-0.2, 0) is 0 Å². The number of para-hydroxylation sites is 1. The third kappa shape index (κ3) is 2.84. The van der Waals surface area contributed by atoms with E-state index in [9.17, 15) is 0 Å². The van der Waals surface area contributed by atoms with Gasteiger partial charge in [0, 0.05) is 36.6 Å². The van der Waals surface area contributed by atoms with Crippen LogP contribution in [0.3, 0.4) is 0 Å². The summed E-state index contributed by atoms with van der Waals surface area (Å²) in [5.41, 5.74) is 7.49. The Morgan fingerprint density at radius 3 is 2.00 bits per heavy atom. The molecule has 5 aromatic carbocycles. The van der Waals surface area contributed by atoms with Gasteiger partial charge in [0.15, 0.2) is 0 Å². The molecular formula is C31H21NS. The van der Waals surface area contributed by atoms with Gasteiger partial charge >= 0.3 is 0 Å². The Bertz CT molecular complexity index is 1820. The highest BCUT2D eigenvalue weighted by Crippen LogP contribution is 2.38. The van der Waals surface area contributed by atoms with Crippen molar-refractivity contribution in [3.63, 3.8) is 0 Å². The molecule has 2 aromatic heterocycles. The Morgan fingerprint density at radius 2 is 1.15 bits per heavy atom. The predicted octanol–water partition coefficient (Wildman–Crippen LogP) is 9.13. The molecule has 0 N–H and O–H groups in total. The molecule has 0 unspecified atom stereocenters. The van der Waals surface area contributed by atoms with Gasteiger partial charge in [-0.15, -0.1) is 11.3 Å². The van der Waals surface area contributed by atoms with Gasteiger partial charge in [0.05, 0.1) is 11.0 Å². The summed E-state index contributed by atoms with van der Waals surface area (Å²) in [5.74, 6) is 0. The van der Waals surface area contributed by atoms with E-state index in [0.717, 1.165) is 0 Å². The van der Waals surface area contributed by atoms with Crippen molar-refractivity contribution < 1.29 is 0 Å². The van der Waals surface area contributed by atoms with Crippen LogP contribution in [0, 0.1) is 6.92 Å². The Hall–Kier alpha value is -3.88. The van der Waals surface area contributed by atoms with Crippen LogP contribution in [0.1, 0.15) is 5.56 Å². The molecule has 0 amide bonds. The fraction of sp³-hybridized carbons (Fsp3) is 0.0323. The zero-order chi connectivity index (χ0) is 21.9. The molecule has 0 atom stereocenters. The second-order valence-electron chi connectivity index (χ2n) is 8.73. The van der Waals surface area contributed by atoms with E-state index in [0.29, 0.717) is 0 Å². The molecule has 7 aromatic rings. The topological polar surface area (TPSA) is 4.93 Å². The largest absolute Gasteiger partial charge is 0.309 e. The number of nitrogens with zero attached hydrogens (tertiary/aromatic N) is 1. The van der Waals surface area contributed by atoms with E-state index < -0.39 is 0 Å². The van der Waals surface area contributed by atoms with Crippen molar-refractivity contribution in [3.05, 3.63) is 115 Å². The lowest BCUT2D eigenvalue weighted by Crippen LogP contribution is -1.93. The van der Waals surface area contributed by atoms with Gasteiger partial charge in [0.25, 0.3) is 0 Å². The molecule has 0 radical (unpaired) electrons. The van der Waals surface area contributed by atoms with Crippen LogP contribution in [0.5, 0.6) is 0 Å². The van der Waals surface area contributed by atoms with Gasteiger partial charge < -0.3 is 4.57 Å². The number of hydrogen-bond donors (Lipinski definition) is 0. The molecule has 0 aliphatic heterocycles. The maximum Gasteiger partial charge on any atom is 0.0541 e. The van der Waals surface area contributed by atoms with Crippen LogP contribution in [-0.4, -0.2) is 4.57 Å². The number of hydrogen-bond acceptors (Lipinski definition) is 1. The Morgan fingerprint density at radius 1 is 0.515 bits per heavy atom. The summed E-state index contributed by atoms with van der Waals surface area (Å²) in [6.45, 7) is 2.17. The second-order valence-corrected chi connectivity index (χ2v) is 9.82. The van der Waals surface area contributed by atoms with E-state index in [1.165, 1.54) is 64.4 Å². The Labute approximate surface area is 196 Å². The third-order valence-electron chi connectivity index (χ3n) is 6.65. The van der Waals surface area contributed by atoms with Crippen LogP contribution >= 0.6 is 11.3 Å². The predicted molar refractivity (Wildman–Crippen MR) is 144 cm³/mol. The molecule has 33 heavy (non-hydrogen) atoms. The van der Waals surface area contributed by atoms with Gasteiger partial charge in [-0.2, -0.15) is 0 Å². The first-order chi connectivity index (χ1) is 16.3. The lowest BCUT2D eigenvalue weighted by Gasteiger charge is -2.08. The quantitative estimate of drug-likeness (QED) is 0.253. The highest BCUT2D eigenvalue weighted by Gasteiger charge is 2.14. The Balaban J connectivity index is 1.50. The molecule has 0 saturated heterocycles. The van der Waals surface area contributed by atoms with Crippen molar-refractivity contribution >= 4 is 53.3 Å². The van der Waals surface area contributed by atoms with Crippen LogP contribution in [0.2, 0.25) is 0 Å². The molecule has 1 nitrogen and oxygen atoms in total. The van der Waals surface area contributed by atoms with E-state index in [4.69, 9.17) is 0 Å². The van der Waals surface area contributed by atoms with E-state index >= 15 is 0 Å². The van der Waals surface area contributed by atoms with Gasteiger partial charge in [0.2, 0.25) is 0 Å². The summed E-state index contributed by atoms with van der Waals surface area (Å²) in [5, 5.41) is 5.29. The van der Waals surface area contributed by atoms with E-state index in [2.05, 4.69) is 121 Å². The SMILES string of the molecule is Cc1ccc2c(c1)c1cc(-c3ccc4sc5ccccc5c4c3)ccc1n2-c1ccccc1. The minimum atomic E-state index is 1.19. The van der Waals surface area contributed by atoms with E-state index in [1.807, 2.05) is 11.3 Å². The molecule has 156 valence electrons. The molecule has 0 spiro atoms. The number of aromatic nitrogens is 1. The first kappa shape index (κ1) is 18.7. The average Bonchev–Trinajstić information content (AvgIpc) is 3.39. The number of aryl methyl sites for hydroxylation is 1. The van der Waals surface area contributed by atoms with E-state index in [-0.39, 0.29) is 0 Å². The lowest BCUT2D eigenvalue weighted by atomic mass is 10.0. The molecular weight excluding hydrogens is 418 g/mol. The Kier molecular flexibility index (Phi) is 3.99. The highest BCUT2D eigenvalue weighted by molar-refractivity contribution is 7.25. The van der Waals surface area contributed by atoms with E-state index in [1.54, 1.807) is 0 Å². The molecule has 0 bridgehead atoms. The minimum absolute atomic E-state index is 1.19. The van der Waals surface area contributed by atoms with Crippen molar-refractivity contribution in [2.75, 3.05) is 0 Å². The molecule has 0 saturated carbocycles. The maximum atomic E-state index is 2.38. The maximum absolute atomic E-state index is 2.38. The van der Waals surface area contributed by atoms with Crippen molar-refractivity contribution in [1.29, 1.82) is 0 Å². The van der Waals surface area contributed by atoms with Crippen LogP contribution in [0.4, 0.5) is 0 Å². The summed E-state index contributed by atoms with van der Waals surface area (Å²) >= 11 is 1.87. The fourth-order valence-electron chi connectivity index (χ4n) is 5.08. The van der Waals surface area contributed by atoms with Crippen LogP contribution < -0.4 is 0 Å². The molecule has 2 heterocycles. The fourth-order valence-corrected chi connectivity index (χ4v) is 6.16. The molecule has 0 aliphatic rings. The lowest BCUT2D eigenvalue weighted by molar-refractivity contribution is 1.18. The molecule has 0 aliphatic carbocycles. The first-order valence-corrected chi connectivity index (χ1v) is 12.1. The number of thiophene rings is 1. The first-order valence-electron chi connectivity index (χ1n) is 11.3. The molecule has 2 heteroatoms. The normalized spacial score (nSPS) is 11.8. The zero-order valence-electron chi connectivity index (χ0n) is 18.2. The van der Waals surface area contributed by atoms with Crippen LogP contribution in [0.25, 0.3) is 58.8 Å². The molecule has 7 rings (SSSR count). The van der Waals surface area contributed by atoms with Gasteiger partial charge in [-0.1, -0.05) is 60.2 Å². The van der Waals surface area contributed by atoms with Crippen molar-refractivity contribution in [2.24, 2.45) is 0 Å². The third-order valence-corrected chi connectivity index (χ3v) is 7.80. The zero-order valence-corrected chi connectivity index (χ0v) is 19.1. The van der Waals surface area contributed by atoms with Crippen molar-refractivity contribution in [1.82, 2.24) is 4.57 Å². The molecule has 0 fully saturated rings. The van der Waals surface area contributed by atoms with Gasteiger partial charge in [0.1, 0.15) is 0 Å². The number of benzene rings is 5. The average molecular weight is 440 g/mol. The summed E-state index contributed by atoms with van der Waals surface area (Å²) in [4.78, 5) is 0. The smallest absolute Gasteiger partial charge is 0.0541 e. The number of rotatable bonds is 2. The van der Waals surface area contributed by atoms with Gasteiger partial charge in [-0.25, -0.2) is 0 Å². The summed E-state index contributed by atoms with van der Waals surface area (Å²) in [7, 11) is 0. The second kappa shape index (κ2) is 7.06.